The van der Waals surface area contributed by atoms with Gasteiger partial charge in [-0.15, -0.1) is 0 Å². The summed E-state index contributed by atoms with van der Waals surface area (Å²) in [5.74, 6) is -10.7. The summed E-state index contributed by atoms with van der Waals surface area (Å²) in [7, 11) is -6.39. The van der Waals surface area contributed by atoms with Gasteiger partial charge in [0.25, 0.3) is 0 Å². The van der Waals surface area contributed by atoms with Crippen molar-refractivity contribution in [1.82, 2.24) is 0 Å². The highest BCUT2D eigenvalue weighted by Crippen LogP contribution is 2.43. The normalized spacial score (nSPS) is 16.1. The van der Waals surface area contributed by atoms with Crippen LogP contribution in [0.4, 0.5) is 17.6 Å². The first-order chi connectivity index (χ1) is 6.35. The van der Waals surface area contributed by atoms with E-state index in [0.717, 1.165) is 0 Å². The summed E-state index contributed by atoms with van der Waals surface area (Å²) in [6.07, 6.45) is 0. The van der Waals surface area contributed by atoms with Gasteiger partial charge in [-0.25, -0.2) is 0 Å². The Bertz CT molecular complexity index is 362. The minimum Gasteiger partial charge on any atom is -0.481 e. The molecule has 0 bridgehead atoms. The van der Waals surface area contributed by atoms with Crippen LogP contribution in [0.25, 0.3) is 0 Å². The number of hydrogen-bond acceptors (Lipinski definition) is 3. The SMILES string of the molecule is CC(C(=O)O)C(F)(F)C(F)(F)S(=O)(=O)O. The Hall–Kier alpha value is -0.900. The number of halogens is 4. The van der Waals surface area contributed by atoms with Crippen LogP contribution in [-0.4, -0.2) is 35.2 Å². The average Bonchev–Trinajstić information content (AvgIpc) is 2.00. The van der Waals surface area contributed by atoms with Crippen molar-refractivity contribution in [2.75, 3.05) is 0 Å². The van der Waals surface area contributed by atoms with Crippen molar-refractivity contribution in [2.24, 2.45) is 5.92 Å². The molecule has 0 aliphatic heterocycles. The number of carboxylic acids is 1. The van der Waals surface area contributed by atoms with Crippen molar-refractivity contribution >= 4 is 16.1 Å². The van der Waals surface area contributed by atoms with E-state index in [1.54, 1.807) is 0 Å². The predicted molar refractivity (Wildman–Crippen MR) is 38.2 cm³/mol. The van der Waals surface area contributed by atoms with E-state index in [9.17, 15) is 30.8 Å². The molecule has 0 heterocycles. The quantitative estimate of drug-likeness (QED) is 0.572. The zero-order chi connectivity index (χ0) is 12.7. The van der Waals surface area contributed by atoms with Gasteiger partial charge < -0.3 is 5.11 Å². The van der Waals surface area contributed by atoms with Crippen LogP contribution in [0, 0.1) is 5.92 Å². The number of aliphatic carboxylic acids is 1. The van der Waals surface area contributed by atoms with Crippen molar-refractivity contribution in [2.45, 2.75) is 18.1 Å². The van der Waals surface area contributed by atoms with Crippen LogP contribution in [-0.2, 0) is 14.9 Å². The van der Waals surface area contributed by atoms with Crippen LogP contribution < -0.4 is 0 Å². The molecule has 0 aliphatic rings. The number of rotatable bonds is 4. The molecule has 0 aromatic heterocycles. The summed E-state index contributed by atoms with van der Waals surface area (Å²) in [6, 6.07) is 0. The van der Waals surface area contributed by atoms with Crippen molar-refractivity contribution in [3.63, 3.8) is 0 Å². The van der Waals surface area contributed by atoms with Gasteiger partial charge in [-0.05, 0) is 6.92 Å². The summed E-state index contributed by atoms with van der Waals surface area (Å²) >= 11 is 0. The summed E-state index contributed by atoms with van der Waals surface area (Å²) in [4.78, 5) is 10.0. The molecule has 1 unspecified atom stereocenters. The van der Waals surface area contributed by atoms with Gasteiger partial charge in [0.05, 0.1) is 0 Å². The molecule has 0 radical (unpaired) electrons. The van der Waals surface area contributed by atoms with E-state index in [4.69, 9.17) is 9.66 Å². The highest BCUT2D eigenvalue weighted by Gasteiger charge is 2.69. The first kappa shape index (κ1) is 14.1. The molecule has 15 heavy (non-hydrogen) atoms. The standard InChI is InChI=1S/C5H6F4O5S/c1-2(3(10)11)4(6,7)5(8,9)15(12,13)14/h2H,1H3,(H,10,11)(H,12,13,14). The first-order valence-electron chi connectivity index (χ1n) is 3.31. The highest BCUT2D eigenvalue weighted by atomic mass is 32.2. The lowest BCUT2D eigenvalue weighted by Gasteiger charge is -2.26. The van der Waals surface area contributed by atoms with Gasteiger partial charge in [-0.1, -0.05) is 0 Å². The molecular weight excluding hydrogens is 248 g/mol. The highest BCUT2D eigenvalue weighted by molar-refractivity contribution is 7.87. The van der Waals surface area contributed by atoms with Crippen molar-refractivity contribution in [3.8, 4) is 0 Å². The van der Waals surface area contributed by atoms with E-state index in [0.29, 0.717) is 0 Å². The summed E-state index contributed by atoms with van der Waals surface area (Å²) < 4.78 is 78.1. The molecule has 10 heteroatoms. The van der Waals surface area contributed by atoms with Crippen LogP contribution in [0.3, 0.4) is 0 Å². The lowest BCUT2D eigenvalue weighted by Crippen LogP contribution is -2.52. The maximum absolute atomic E-state index is 12.7. The Morgan fingerprint density at radius 1 is 1.27 bits per heavy atom. The summed E-state index contributed by atoms with van der Waals surface area (Å²) in [5, 5.41) is 2.21. The molecule has 0 fully saturated rings. The van der Waals surface area contributed by atoms with Crippen LogP contribution in [0.1, 0.15) is 6.92 Å². The van der Waals surface area contributed by atoms with Gasteiger partial charge in [0.2, 0.25) is 0 Å². The Kier molecular flexibility index (Phi) is 3.38. The number of hydrogen-bond donors (Lipinski definition) is 2. The van der Waals surface area contributed by atoms with Gasteiger partial charge in [-0.2, -0.15) is 26.0 Å². The number of alkyl halides is 4. The van der Waals surface area contributed by atoms with E-state index < -0.39 is 33.2 Å². The fraction of sp³-hybridized carbons (Fsp3) is 0.800. The second-order valence-electron chi connectivity index (χ2n) is 2.67. The van der Waals surface area contributed by atoms with Gasteiger partial charge in [0.15, 0.2) is 0 Å². The summed E-state index contributed by atoms with van der Waals surface area (Å²) in [5.41, 5.74) is 0. The van der Waals surface area contributed by atoms with Crippen LogP contribution >= 0.6 is 0 Å². The van der Waals surface area contributed by atoms with E-state index >= 15 is 0 Å². The van der Waals surface area contributed by atoms with E-state index in [2.05, 4.69) is 0 Å². The van der Waals surface area contributed by atoms with Gasteiger partial charge in [-0.3, -0.25) is 9.35 Å². The van der Waals surface area contributed by atoms with Gasteiger partial charge in [0.1, 0.15) is 5.92 Å². The molecule has 90 valence electrons. The fourth-order valence-electron chi connectivity index (χ4n) is 0.579. The smallest absolute Gasteiger partial charge is 0.432 e. The first-order valence-corrected chi connectivity index (χ1v) is 4.75. The Morgan fingerprint density at radius 3 is 1.80 bits per heavy atom. The zero-order valence-corrected chi connectivity index (χ0v) is 7.93. The lowest BCUT2D eigenvalue weighted by molar-refractivity contribution is -0.200. The van der Waals surface area contributed by atoms with Gasteiger partial charge in [0, 0.05) is 0 Å². The topological polar surface area (TPSA) is 91.7 Å². The van der Waals surface area contributed by atoms with E-state index in [1.807, 2.05) is 0 Å². The molecule has 0 aliphatic carbocycles. The predicted octanol–water partition coefficient (Wildman–Crippen LogP) is 0.823. The third kappa shape index (κ3) is 2.20. The summed E-state index contributed by atoms with van der Waals surface area (Å²) in [6.45, 7) is 0.196. The molecule has 0 saturated carbocycles. The molecule has 0 amide bonds. The minimum atomic E-state index is -6.39. The molecule has 0 saturated heterocycles. The number of carbonyl (C=O) groups is 1. The minimum absolute atomic E-state index is 0.196. The van der Waals surface area contributed by atoms with Gasteiger partial charge >= 0.3 is 27.3 Å². The zero-order valence-electron chi connectivity index (χ0n) is 7.12. The molecule has 1 atom stereocenters. The van der Waals surface area contributed by atoms with Crippen molar-refractivity contribution < 1.29 is 40.4 Å². The molecule has 0 rings (SSSR count). The third-order valence-electron chi connectivity index (χ3n) is 1.63. The number of carboxylic acid groups (broad SMARTS) is 1. The molecule has 0 aromatic carbocycles. The Morgan fingerprint density at radius 2 is 1.60 bits per heavy atom. The van der Waals surface area contributed by atoms with Crippen LogP contribution in [0.5, 0.6) is 0 Å². The maximum atomic E-state index is 12.7. The lowest BCUT2D eigenvalue weighted by atomic mass is 10.0. The van der Waals surface area contributed by atoms with Crippen molar-refractivity contribution in [3.05, 3.63) is 0 Å². The molecule has 0 aromatic rings. The van der Waals surface area contributed by atoms with Crippen LogP contribution in [0.15, 0.2) is 0 Å². The molecule has 2 N–H and O–H groups in total. The molecular formula is C5H6F4O5S. The van der Waals surface area contributed by atoms with E-state index in [1.165, 1.54) is 0 Å². The second kappa shape index (κ2) is 3.59. The average molecular weight is 254 g/mol. The van der Waals surface area contributed by atoms with Crippen LogP contribution in [0.2, 0.25) is 0 Å². The molecule has 5 nitrogen and oxygen atoms in total. The Balaban J connectivity index is 5.48. The monoisotopic (exact) mass is 254 g/mol. The molecule has 0 spiro atoms. The maximum Gasteiger partial charge on any atom is 0.432 e. The Labute approximate surface area is 81.4 Å². The third-order valence-corrected chi connectivity index (χ3v) is 2.55. The largest absolute Gasteiger partial charge is 0.481 e. The second-order valence-corrected chi connectivity index (χ2v) is 4.14. The fourth-order valence-corrected chi connectivity index (χ4v) is 1.10. The van der Waals surface area contributed by atoms with Crippen molar-refractivity contribution in [1.29, 1.82) is 0 Å². The van der Waals surface area contributed by atoms with E-state index in [-0.39, 0.29) is 6.92 Å².